The van der Waals surface area contributed by atoms with Gasteiger partial charge in [-0.25, -0.2) is 4.98 Å². The number of benzene rings is 2. The Hall–Kier alpha value is -3.99. The number of carbonyl (C=O) groups excluding carboxylic acids is 2. The van der Waals surface area contributed by atoms with E-state index in [0.29, 0.717) is 27.5 Å². The molecule has 2 amide bonds. The quantitative estimate of drug-likeness (QED) is 0.390. The third-order valence-electron chi connectivity index (χ3n) is 6.11. The van der Waals surface area contributed by atoms with Crippen LogP contribution in [0.3, 0.4) is 0 Å². The second-order valence-corrected chi connectivity index (χ2v) is 9.38. The van der Waals surface area contributed by atoms with Gasteiger partial charge in [-0.2, -0.15) is 0 Å². The molecule has 0 aliphatic carbocycles. The van der Waals surface area contributed by atoms with E-state index in [2.05, 4.69) is 20.5 Å². The van der Waals surface area contributed by atoms with E-state index in [1.165, 1.54) is 11.3 Å². The van der Waals surface area contributed by atoms with E-state index in [-0.39, 0.29) is 24.8 Å². The minimum absolute atomic E-state index is 0.00833. The summed E-state index contributed by atoms with van der Waals surface area (Å²) in [7, 11) is 3.15. The first-order chi connectivity index (χ1) is 17.6. The molecule has 1 aliphatic heterocycles. The normalized spacial score (nSPS) is 13.2. The number of nitrogens with one attached hydrogen (secondary N) is 1. The Morgan fingerprint density at radius 1 is 1.03 bits per heavy atom. The lowest BCUT2D eigenvalue weighted by Crippen LogP contribution is -2.30. The average molecular weight is 507 g/mol. The number of fused-ring (bicyclic) bond motifs is 1. The highest BCUT2D eigenvalue weighted by molar-refractivity contribution is 7.18. The summed E-state index contributed by atoms with van der Waals surface area (Å²) in [5.41, 5.74) is 2.36. The first-order valence-corrected chi connectivity index (χ1v) is 12.4. The van der Waals surface area contributed by atoms with Gasteiger partial charge in [-0.15, -0.1) is 10.2 Å². The third kappa shape index (κ3) is 4.87. The summed E-state index contributed by atoms with van der Waals surface area (Å²) >= 11 is 1.26. The van der Waals surface area contributed by atoms with Gasteiger partial charge in [0.15, 0.2) is 11.5 Å². The largest absolute Gasteiger partial charge is 0.493 e. The van der Waals surface area contributed by atoms with Gasteiger partial charge in [0.05, 0.1) is 31.7 Å². The molecule has 186 valence electrons. The second kappa shape index (κ2) is 10.3. The Morgan fingerprint density at radius 2 is 1.81 bits per heavy atom. The molecule has 1 fully saturated rings. The van der Waals surface area contributed by atoms with Gasteiger partial charge in [-0.05, 0) is 43.2 Å². The number of likely N-dealkylation sites (tertiary alicyclic amines) is 1. The number of hydrogen-bond acceptors (Lipinski definition) is 8. The predicted molar refractivity (Wildman–Crippen MR) is 136 cm³/mol. The molecule has 5 rings (SSSR count). The van der Waals surface area contributed by atoms with Crippen LogP contribution in [0.4, 0.5) is 5.13 Å². The van der Waals surface area contributed by atoms with E-state index >= 15 is 0 Å². The van der Waals surface area contributed by atoms with E-state index in [9.17, 15) is 9.59 Å². The summed E-state index contributed by atoms with van der Waals surface area (Å²) in [5.74, 6) is 1.53. The maximum Gasteiger partial charge on any atom is 0.246 e. The van der Waals surface area contributed by atoms with Crippen molar-refractivity contribution in [1.82, 2.24) is 24.6 Å². The lowest BCUT2D eigenvalue weighted by molar-refractivity contribution is -0.129. The standard InChI is InChI=1S/C25H26N6O4S/c1-34-19-10-9-16(13-20(19)35-2)24-28-29-25(36-24)27-22(32)15-31-18-8-4-3-7-17(18)26-21(31)14-23(33)30-11-5-6-12-30/h3-4,7-10,13H,5-6,11-12,14-15H2,1-2H3,(H,27,29,32). The molecule has 0 radical (unpaired) electrons. The van der Waals surface area contributed by atoms with Gasteiger partial charge in [0.25, 0.3) is 0 Å². The number of nitrogens with zero attached hydrogens (tertiary/aromatic N) is 5. The van der Waals surface area contributed by atoms with Crippen molar-refractivity contribution in [3.63, 3.8) is 0 Å². The van der Waals surface area contributed by atoms with Gasteiger partial charge in [-0.1, -0.05) is 23.5 Å². The summed E-state index contributed by atoms with van der Waals surface area (Å²) in [6.45, 7) is 1.56. The van der Waals surface area contributed by atoms with Crippen LogP contribution in [0.1, 0.15) is 18.7 Å². The number of anilines is 1. The SMILES string of the molecule is COc1ccc(-c2nnc(NC(=O)Cn3c(CC(=O)N4CCCC4)nc4ccccc43)s2)cc1OC. The van der Waals surface area contributed by atoms with Gasteiger partial charge < -0.3 is 18.9 Å². The number of para-hydroxylation sites is 2. The summed E-state index contributed by atoms with van der Waals surface area (Å²) in [6.07, 6.45) is 2.21. The van der Waals surface area contributed by atoms with Crippen LogP contribution in [-0.4, -0.2) is 63.8 Å². The van der Waals surface area contributed by atoms with Gasteiger partial charge in [0.1, 0.15) is 17.4 Å². The topological polar surface area (TPSA) is 111 Å². The zero-order chi connectivity index (χ0) is 25.1. The maximum absolute atomic E-state index is 13.0. The molecule has 3 heterocycles. The molecule has 4 aromatic rings. The van der Waals surface area contributed by atoms with Crippen molar-refractivity contribution in [3.8, 4) is 22.1 Å². The Morgan fingerprint density at radius 3 is 2.58 bits per heavy atom. The number of carbonyl (C=O) groups is 2. The van der Waals surface area contributed by atoms with Crippen molar-refractivity contribution < 1.29 is 19.1 Å². The monoisotopic (exact) mass is 506 g/mol. The maximum atomic E-state index is 13.0. The molecule has 2 aromatic carbocycles. The Labute approximate surface area is 211 Å². The zero-order valence-corrected chi connectivity index (χ0v) is 20.9. The fraction of sp³-hybridized carbons (Fsp3) is 0.320. The van der Waals surface area contributed by atoms with Crippen molar-refractivity contribution in [2.75, 3.05) is 32.6 Å². The smallest absolute Gasteiger partial charge is 0.246 e. The molecular weight excluding hydrogens is 480 g/mol. The van der Waals surface area contributed by atoms with Crippen LogP contribution in [0, 0.1) is 0 Å². The fourth-order valence-corrected chi connectivity index (χ4v) is 5.07. The Bertz CT molecular complexity index is 1410. The van der Waals surface area contributed by atoms with Crippen molar-refractivity contribution in [2.24, 2.45) is 0 Å². The molecule has 10 nitrogen and oxygen atoms in total. The van der Waals surface area contributed by atoms with Crippen LogP contribution in [-0.2, 0) is 22.6 Å². The van der Waals surface area contributed by atoms with Gasteiger partial charge in [-0.3, -0.25) is 14.9 Å². The van der Waals surface area contributed by atoms with E-state index < -0.39 is 0 Å². The molecule has 1 N–H and O–H groups in total. The molecule has 1 saturated heterocycles. The minimum atomic E-state index is -0.275. The Kier molecular flexibility index (Phi) is 6.81. The molecule has 1 aliphatic rings. The number of imidazole rings is 1. The summed E-state index contributed by atoms with van der Waals surface area (Å²) in [4.78, 5) is 32.3. The van der Waals surface area contributed by atoms with E-state index in [1.807, 2.05) is 41.3 Å². The number of aromatic nitrogens is 4. The number of ether oxygens (including phenoxy) is 2. The first kappa shape index (κ1) is 23.7. The van der Waals surface area contributed by atoms with Gasteiger partial charge in [0.2, 0.25) is 16.9 Å². The summed E-state index contributed by atoms with van der Waals surface area (Å²) in [6, 6.07) is 13.0. The molecule has 36 heavy (non-hydrogen) atoms. The van der Waals surface area contributed by atoms with Crippen LogP contribution < -0.4 is 14.8 Å². The van der Waals surface area contributed by atoms with Crippen molar-refractivity contribution in [1.29, 1.82) is 0 Å². The highest BCUT2D eigenvalue weighted by Crippen LogP contribution is 2.34. The van der Waals surface area contributed by atoms with Crippen LogP contribution in [0.15, 0.2) is 42.5 Å². The molecule has 0 unspecified atom stereocenters. The molecular formula is C25H26N6O4S. The highest BCUT2D eigenvalue weighted by atomic mass is 32.1. The summed E-state index contributed by atoms with van der Waals surface area (Å²) in [5, 5.41) is 12.2. The van der Waals surface area contributed by atoms with E-state index in [0.717, 1.165) is 42.5 Å². The molecule has 0 bridgehead atoms. The van der Waals surface area contributed by atoms with Crippen molar-refractivity contribution >= 4 is 39.3 Å². The highest BCUT2D eigenvalue weighted by Gasteiger charge is 2.22. The van der Waals surface area contributed by atoms with Gasteiger partial charge >= 0.3 is 0 Å². The van der Waals surface area contributed by atoms with Crippen LogP contribution in [0.5, 0.6) is 11.5 Å². The van der Waals surface area contributed by atoms with Crippen LogP contribution in [0.25, 0.3) is 21.6 Å². The van der Waals surface area contributed by atoms with E-state index in [4.69, 9.17) is 9.47 Å². The van der Waals surface area contributed by atoms with Crippen LogP contribution in [0.2, 0.25) is 0 Å². The number of methoxy groups -OCH3 is 2. The molecule has 11 heteroatoms. The van der Waals surface area contributed by atoms with Gasteiger partial charge in [0, 0.05) is 18.7 Å². The average Bonchev–Trinajstić information content (AvgIpc) is 3.65. The lowest BCUT2D eigenvalue weighted by atomic mass is 10.2. The predicted octanol–water partition coefficient (Wildman–Crippen LogP) is 3.38. The van der Waals surface area contributed by atoms with Crippen molar-refractivity contribution in [3.05, 3.63) is 48.3 Å². The first-order valence-electron chi connectivity index (χ1n) is 11.6. The Balaban J connectivity index is 1.33. The third-order valence-corrected chi connectivity index (χ3v) is 6.99. The minimum Gasteiger partial charge on any atom is -0.493 e. The lowest BCUT2D eigenvalue weighted by Gasteiger charge is -2.15. The number of hydrogen-bond donors (Lipinski definition) is 1. The molecule has 0 saturated carbocycles. The zero-order valence-electron chi connectivity index (χ0n) is 20.1. The molecule has 0 spiro atoms. The molecule has 2 aromatic heterocycles. The number of amides is 2. The van der Waals surface area contributed by atoms with E-state index in [1.54, 1.807) is 24.9 Å². The molecule has 0 atom stereocenters. The van der Waals surface area contributed by atoms with Crippen molar-refractivity contribution in [2.45, 2.75) is 25.8 Å². The fourth-order valence-electron chi connectivity index (χ4n) is 4.31. The second-order valence-electron chi connectivity index (χ2n) is 8.40. The van der Waals surface area contributed by atoms with Crippen LogP contribution >= 0.6 is 11.3 Å². The summed E-state index contributed by atoms with van der Waals surface area (Å²) < 4.78 is 12.4. The number of rotatable bonds is 8.